The molecule has 1 aromatic heterocycles. The molecule has 90 valence electrons. The van der Waals surface area contributed by atoms with Gasteiger partial charge < -0.3 is 10.1 Å². The summed E-state index contributed by atoms with van der Waals surface area (Å²) in [5, 5.41) is 7.29. The van der Waals surface area contributed by atoms with E-state index in [2.05, 4.69) is 19.8 Å². The molecule has 0 aromatic carbocycles. The zero-order valence-corrected chi connectivity index (χ0v) is 10.7. The fraction of sp³-hybridized carbons (Fsp3) is 0.778. The highest BCUT2D eigenvalue weighted by molar-refractivity contribution is 7.10. The van der Waals surface area contributed by atoms with Crippen LogP contribution in [0.25, 0.3) is 0 Å². The Kier molecular flexibility index (Phi) is 4.48. The van der Waals surface area contributed by atoms with Gasteiger partial charge in [0.2, 0.25) is 0 Å². The Morgan fingerprint density at radius 3 is 3.19 bits per heavy atom. The topological polar surface area (TPSA) is 50.3 Å². The van der Waals surface area contributed by atoms with Crippen LogP contribution in [0.1, 0.15) is 5.69 Å². The van der Waals surface area contributed by atoms with Crippen molar-refractivity contribution in [2.24, 2.45) is 0 Å². The van der Waals surface area contributed by atoms with Gasteiger partial charge in [0.1, 0.15) is 10.0 Å². The molecule has 5 nitrogen and oxygen atoms in total. The lowest BCUT2D eigenvalue weighted by molar-refractivity contribution is 0.00868. The van der Waals surface area contributed by atoms with Crippen LogP contribution in [0.4, 0.5) is 0 Å². The largest absolute Gasteiger partial charge is 0.374 e. The van der Waals surface area contributed by atoms with Crippen molar-refractivity contribution in [3.63, 3.8) is 0 Å². The maximum absolute atomic E-state index is 5.95. The summed E-state index contributed by atoms with van der Waals surface area (Å²) >= 11 is 7.18. The molecule has 1 fully saturated rings. The second kappa shape index (κ2) is 5.88. The lowest BCUT2D eigenvalue weighted by atomic mass is 10.3. The molecular formula is C9H15ClN4OS. The molecule has 1 atom stereocenters. The summed E-state index contributed by atoms with van der Waals surface area (Å²) < 4.78 is 10.1. The Morgan fingerprint density at radius 1 is 1.69 bits per heavy atom. The van der Waals surface area contributed by atoms with Crippen LogP contribution in [-0.4, -0.2) is 53.9 Å². The van der Waals surface area contributed by atoms with Gasteiger partial charge in [-0.3, -0.25) is 4.90 Å². The number of aromatic nitrogens is 2. The van der Waals surface area contributed by atoms with E-state index in [0.29, 0.717) is 4.34 Å². The number of hydrogen-bond acceptors (Lipinski definition) is 6. The normalized spacial score (nSPS) is 21.6. The molecule has 7 heteroatoms. The quantitative estimate of drug-likeness (QED) is 0.862. The summed E-state index contributed by atoms with van der Waals surface area (Å²) in [6.07, 6.45) is 0.254. The minimum atomic E-state index is 0.254. The molecule has 0 aliphatic carbocycles. The van der Waals surface area contributed by atoms with Crippen LogP contribution in [0.15, 0.2) is 0 Å². The molecule has 0 saturated carbocycles. The zero-order chi connectivity index (χ0) is 11.4. The van der Waals surface area contributed by atoms with Gasteiger partial charge in [-0.2, -0.15) is 0 Å². The third-order valence-electron chi connectivity index (χ3n) is 2.45. The average molecular weight is 263 g/mol. The van der Waals surface area contributed by atoms with Gasteiger partial charge in [0.15, 0.2) is 0 Å². The number of halogens is 1. The van der Waals surface area contributed by atoms with Crippen LogP contribution < -0.4 is 5.32 Å². The summed E-state index contributed by atoms with van der Waals surface area (Å²) in [6, 6.07) is 0. The van der Waals surface area contributed by atoms with E-state index in [0.717, 1.165) is 38.5 Å². The van der Waals surface area contributed by atoms with Crippen molar-refractivity contribution < 1.29 is 4.74 Å². The Labute approximate surface area is 104 Å². The highest BCUT2D eigenvalue weighted by Crippen LogP contribution is 2.18. The lowest BCUT2D eigenvalue weighted by Crippen LogP contribution is -2.44. The first kappa shape index (κ1) is 12.2. The van der Waals surface area contributed by atoms with Crippen molar-refractivity contribution in [2.45, 2.75) is 12.6 Å². The third kappa shape index (κ3) is 3.36. The van der Waals surface area contributed by atoms with Gasteiger partial charge >= 0.3 is 0 Å². The van der Waals surface area contributed by atoms with E-state index in [-0.39, 0.29) is 6.10 Å². The molecule has 1 N–H and O–H groups in total. The van der Waals surface area contributed by atoms with Crippen molar-refractivity contribution in [3.8, 4) is 0 Å². The molecule has 0 radical (unpaired) electrons. The SMILES string of the molecule is CN(Cc1nnsc1Cl)CC1CNCCO1. The maximum atomic E-state index is 5.95. The van der Waals surface area contributed by atoms with E-state index in [4.69, 9.17) is 16.3 Å². The van der Waals surface area contributed by atoms with E-state index in [9.17, 15) is 0 Å². The van der Waals surface area contributed by atoms with Crippen molar-refractivity contribution in [1.82, 2.24) is 19.8 Å². The zero-order valence-electron chi connectivity index (χ0n) is 9.15. The van der Waals surface area contributed by atoms with Gasteiger partial charge in [-0.1, -0.05) is 16.1 Å². The van der Waals surface area contributed by atoms with Crippen molar-refractivity contribution >= 4 is 23.1 Å². The van der Waals surface area contributed by atoms with Crippen LogP contribution in [0.5, 0.6) is 0 Å². The van der Waals surface area contributed by atoms with Crippen LogP contribution in [0, 0.1) is 0 Å². The van der Waals surface area contributed by atoms with Gasteiger partial charge in [0.25, 0.3) is 0 Å². The lowest BCUT2D eigenvalue weighted by Gasteiger charge is -2.27. The number of nitrogens with zero attached hydrogens (tertiary/aromatic N) is 3. The van der Waals surface area contributed by atoms with Gasteiger partial charge in [0, 0.05) is 37.7 Å². The number of hydrogen-bond donors (Lipinski definition) is 1. The first-order valence-electron chi connectivity index (χ1n) is 5.23. The van der Waals surface area contributed by atoms with Crippen molar-refractivity contribution in [2.75, 3.05) is 33.3 Å². The molecule has 2 rings (SSSR count). The molecule has 1 aromatic rings. The molecule has 0 amide bonds. The highest BCUT2D eigenvalue weighted by Gasteiger charge is 2.17. The minimum absolute atomic E-state index is 0.254. The first-order valence-corrected chi connectivity index (χ1v) is 6.38. The summed E-state index contributed by atoms with van der Waals surface area (Å²) in [6.45, 7) is 4.24. The fourth-order valence-corrected chi connectivity index (χ4v) is 2.31. The average Bonchev–Trinajstić information content (AvgIpc) is 2.66. The Hall–Kier alpha value is -0.270. The molecule has 16 heavy (non-hydrogen) atoms. The van der Waals surface area contributed by atoms with Crippen LogP contribution in [0.2, 0.25) is 4.34 Å². The predicted octanol–water partition coefficient (Wildman–Crippen LogP) is 0.612. The number of ether oxygens (including phenoxy) is 1. The van der Waals surface area contributed by atoms with Gasteiger partial charge in [0.05, 0.1) is 12.7 Å². The van der Waals surface area contributed by atoms with Crippen molar-refractivity contribution in [3.05, 3.63) is 10.0 Å². The predicted molar refractivity (Wildman–Crippen MR) is 63.9 cm³/mol. The van der Waals surface area contributed by atoms with E-state index in [1.54, 1.807) is 0 Å². The molecule has 2 heterocycles. The smallest absolute Gasteiger partial charge is 0.138 e. The Morgan fingerprint density at radius 2 is 2.56 bits per heavy atom. The van der Waals surface area contributed by atoms with E-state index >= 15 is 0 Å². The first-order chi connectivity index (χ1) is 7.75. The van der Waals surface area contributed by atoms with Gasteiger partial charge in [-0.15, -0.1) is 5.10 Å². The fourth-order valence-electron chi connectivity index (χ4n) is 1.70. The second-order valence-electron chi connectivity index (χ2n) is 3.89. The molecule has 1 saturated heterocycles. The number of likely N-dealkylation sites (N-methyl/N-ethyl adjacent to an activating group) is 1. The maximum Gasteiger partial charge on any atom is 0.138 e. The second-order valence-corrected chi connectivity index (χ2v) is 5.24. The van der Waals surface area contributed by atoms with Crippen molar-refractivity contribution in [1.29, 1.82) is 0 Å². The summed E-state index contributed by atoms with van der Waals surface area (Å²) in [5.41, 5.74) is 0.845. The van der Waals surface area contributed by atoms with Crippen LogP contribution in [0.3, 0.4) is 0 Å². The van der Waals surface area contributed by atoms with Crippen LogP contribution >= 0.6 is 23.1 Å². The number of rotatable bonds is 4. The van der Waals surface area contributed by atoms with Crippen LogP contribution in [-0.2, 0) is 11.3 Å². The standard InChI is InChI=1S/C9H15ClN4OS/c1-14(5-7-4-11-2-3-15-7)6-8-9(10)16-13-12-8/h7,11H,2-6H2,1H3. The van der Waals surface area contributed by atoms with E-state index < -0.39 is 0 Å². The van der Waals surface area contributed by atoms with E-state index in [1.165, 1.54) is 11.5 Å². The molecule has 1 aliphatic rings. The molecule has 0 bridgehead atoms. The number of nitrogens with one attached hydrogen (secondary N) is 1. The third-order valence-corrected chi connectivity index (χ3v) is 3.43. The monoisotopic (exact) mass is 262 g/mol. The highest BCUT2D eigenvalue weighted by atomic mass is 35.5. The summed E-state index contributed by atoms with van der Waals surface area (Å²) in [7, 11) is 2.04. The molecule has 1 aliphatic heterocycles. The minimum Gasteiger partial charge on any atom is -0.374 e. The number of morpholine rings is 1. The van der Waals surface area contributed by atoms with E-state index in [1.807, 2.05) is 7.05 Å². The van der Waals surface area contributed by atoms with Gasteiger partial charge in [-0.05, 0) is 7.05 Å². The Balaban J connectivity index is 1.79. The Bertz CT molecular complexity index is 329. The summed E-state index contributed by atoms with van der Waals surface area (Å²) in [5.74, 6) is 0. The molecule has 1 unspecified atom stereocenters. The van der Waals surface area contributed by atoms with Gasteiger partial charge in [-0.25, -0.2) is 0 Å². The molecular weight excluding hydrogens is 248 g/mol. The summed E-state index contributed by atoms with van der Waals surface area (Å²) in [4.78, 5) is 2.15. The molecule has 0 spiro atoms.